The second-order valence-corrected chi connectivity index (χ2v) is 6.08. The third-order valence-corrected chi connectivity index (χ3v) is 4.80. The van der Waals surface area contributed by atoms with Crippen LogP contribution in [-0.4, -0.2) is 47.7 Å². The highest BCUT2D eigenvalue weighted by Crippen LogP contribution is 2.26. The number of nitrogens with zero attached hydrogens (tertiary/aromatic N) is 1. The Morgan fingerprint density at radius 1 is 1.32 bits per heavy atom. The van der Waals surface area contributed by atoms with Crippen LogP contribution < -0.4 is 5.32 Å². The third kappa shape index (κ3) is 4.18. The lowest BCUT2D eigenvalue weighted by Crippen LogP contribution is -2.49. The molecule has 1 rings (SSSR count). The number of carboxylic acids is 1. The number of aliphatic carboxylic acids is 1. The predicted molar refractivity (Wildman–Crippen MR) is 78.4 cm³/mol. The monoisotopic (exact) mass is 270 g/mol. The first-order chi connectivity index (χ1) is 8.95. The number of likely N-dealkylation sites (tertiary alicyclic amines) is 1. The summed E-state index contributed by atoms with van der Waals surface area (Å²) in [7, 11) is 0. The minimum Gasteiger partial charge on any atom is -0.481 e. The van der Waals surface area contributed by atoms with E-state index in [1.165, 1.54) is 0 Å². The molecule has 4 nitrogen and oxygen atoms in total. The fourth-order valence-corrected chi connectivity index (χ4v) is 2.84. The molecule has 0 aromatic carbocycles. The smallest absolute Gasteiger partial charge is 0.310 e. The highest BCUT2D eigenvalue weighted by molar-refractivity contribution is 5.74. The Balaban J connectivity index is 2.43. The van der Waals surface area contributed by atoms with Crippen molar-refractivity contribution in [3.63, 3.8) is 0 Å². The molecule has 0 atom stereocenters. The van der Waals surface area contributed by atoms with Gasteiger partial charge in [-0.15, -0.1) is 0 Å². The van der Waals surface area contributed by atoms with Crippen molar-refractivity contribution in [2.24, 2.45) is 5.41 Å². The van der Waals surface area contributed by atoms with Crippen LogP contribution >= 0.6 is 0 Å². The topological polar surface area (TPSA) is 52.6 Å². The Morgan fingerprint density at radius 2 is 1.84 bits per heavy atom. The van der Waals surface area contributed by atoms with Crippen molar-refractivity contribution in [2.75, 3.05) is 19.6 Å². The Bertz CT molecular complexity index is 280. The maximum Gasteiger partial charge on any atom is 0.310 e. The molecule has 0 amide bonds. The van der Waals surface area contributed by atoms with Gasteiger partial charge in [-0.05, 0) is 52.6 Å². The molecule has 1 aliphatic rings. The van der Waals surface area contributed by atoms with Crippen molar-refractivity contribution >= 4 is 5.97 Å². The summed E-state index contributed by atoms with van der Waals surface area (Å²) in [6, 6.07) is 1.09. The molecule has 112 valence electrons. The Kier molecular flexibility index (Phi) is 6.27. The normalized spacial score (nSPS) is 19.0. The van der Waals surface area contributed by atoms with Crippen LogP contribution in [0.2, 0.25) is 0 Å². The highest BCUT2D eigenvalue weighted by atomic mass is 16.4. The average Bonchev–Trinajstić information content (AvgIpc) is 2.40. The third-order valence-electron chi connectivity index (χ3n) is 4.80. The fourth-order valence-electron chi connectivity index (χ4n) is 2.84. The zero-order valence-corrected chi connectivity index (χ0v) is 12.9. The SMILES string of the molecule is CCC(CC)(CNC1CCN(C(C)C)CC1)C(=O)O. The number of rotatable bonds is 7. The molecule has 0 aliphatic carbocycles. The van der Waals surface area contributed by atoms with Gasteiger partial charge in [0.05, 0.1) is 5.41 Å². The molecule has 1 heterocycles. The maximum absolute atomic E-state index is 11.4. The minimum atomic E-state index is -0.662. The second-order valence-electron chi connectivity index (χ2n) is 6.08. The second kappa shape index (κ2) is 7.25. The lowest BCUT2D eigenvalue weighted by atomic mass is 9.82. The van der Waals surface area contributed by atoms with Crippen molar-refractivity contribution in [3.8, 4) is 0 Å². The Labute approximate surface area is 117 Å². The molecule has 1 aliphatic heterocycles. The Hall–Kier alpha value is -0.610. The number of hydrogen-bond donors (Lipinski definition) is 2. The van der Waals surface area contributed by atoms with Gasteiger partial charge in [0, 0.05) is 18.6 Å². The van der Waals surface area contributed by atoms with E-state index in [2.05, 4.69) is 24.1 Å². The number of carboxylic acid groups (broad SMARTS) is 1. The van der Waals surface area contributed by atoms with E-state index in [1.54, 1.807) is 0 Å². The van der Waals surface area contributed by atoms with Crippen molar-refractivity contribution in [3.05, 3.63) is 0 Å². The van der Waals surface area contributed by atoms with Gasteiger partial charge in [0.15, 0.2) is 0 Å². The summed E-state index contributed by atoms with van der Waals surface area (Å²) in [5, 5.41) is 12.9. The molecule has 4 heteroatoms. The van der Waals surface area contributed by atoms with Gasteiger partial charge in [-0.3, -0.25) is 4.79 Å². The summed E-state index contributed by atoms with van der Waals surface area (Å²) in [4.78, 5) is 13.9. The standard InChI is InChI=1S/C15H30N2O2/c1-5-15(6-2,14(18)19)11-16-13-7-9-17(10-8-13)12(3)4/h12-13,16H,5-11H2,1-4H3,(H,18,19). The zero-order chi connectivity index (χ0) is 14.5. The van der Waals surface area contributed by atoms with Crippen LogP contribution in [0.5, 0.6) is 0 Å². The van der Waals surface area contributed by atoms with Gasteiger partial charge in [-0.25, -0.2) is 0 Å². The van der Waals surface area contributed by atoms with Crippen LogP contribution in [0.1, 0.15) is 53.4 Å². The first-order valence-electron chi connectivity index (χ1n) is 7.66. The summed E-state index contributed by atoms with van der Waals surface area (Å²) in [6.45, 7) is 11.2. The molecule has 0 spiro atoms. The van der Waals surface area contributed by atoms with Crippen LogP contribution in [0.15, 0.2) is 0 Å². The molecular weight excluding hydrogens is 240 g/mol. The first kappa shape index (κ1) is 16.4. The van der Waals surface area contributed by atoms with E-state index in [0.29, 0.717) is 31.5 Å². The lowest BCUT2D eigenvalue weighted by molar-refractivity contribution is -0.149. The molecule has 1 fully saturated rings. The number of hydrogen-bond acceptors (Lipinski definition) is 3. The van der Waals surface area contributed by atoms with Crippen LogP contribution in [0.25, 0.3) is 0 Å². The molecule has 19 heavy (non-hydrogen) atoms. The van der Waals surface area contributed by atoms with E-state index in [0.717, 1.165) is 25.9 Å². The average molecular weight is 270 g/mol. The summed E-state index contributed by atoms with van der Waals surface area (Å²) >= 11 is 0. The summed E-state index contributed by atoms with van der Waals surface area (Å²) < 4.78 is 0. The molecule has 0 bridgehead atoms. The van der Waals surface area contributed by atoms with E-state index in [9.17, 15) is 9.90 Å². The van der Waals surface area contributed by atoms with Gasteiger partial charge in [0.2, 0.25) is 0 Å². The largest absolute Gasteiger partial charge is 0.481 e. The Morgan fingerprint density at radius 3 is 2.21 bits per heavy atom. The van der Waals surface area contributed by atoms with E-state index in [1.807, 2.05) is 13.8 Å². The van der Waals surface area contributed by atoms with Crippen molar-refractivity contribution in [2.45, 2.75) is 65.5 Å². The van der Waals surface area contributed by atoms with E-state index in [-0.39, 0.29) is 0 Å². The van der Waals surface area contributed by atoms with Crippen LogP contribution in [-0.2, 0) is 4.79 Å². The van der Waals surface area contributed by atoms with E-state index < -0.39 is 11.4 Å². The molecule has 2 N–H and O–H groups in total. The van der Waals surface area contributed by atoms with Crippen molar-refractivity contribution in [1.29, 1.82) is 0 Å². The van der Waals surface area contributed by atoms with Gasteiger partial charge in [0.25, 0.3) is 0 Å². The predicted octanol–water partition coefficient (Wildman–Crippen LogP) is 2.34. The molecular formula is C15H30N2O2. The number of piperidine rings is 1. The summed E-state index contributed by atoms with van der Waals surface area (Å²) in [5.41, 5.74) is -0.588. The number of nitrogens with one attached hydrogen (secondary N) is 1. The van der Waals surface area contributed by atoms with Crippen LogP contribution in [0.3, 0.4) is 0 Å². The van der Waals surface area contributed by atoms with Gasteiger partial charge in [-0.2, -0.15) is 0 Å². The molecule has 0 radical (unpaired) electrons. The minimum absolute atomic E-state index is 0.479. The molecule has 0 aromatic rings. The summed E-state index contributed by atoms with van der Waals surface area (Å²) in [6.07, 6.45) is 3.63. The van der Waals surface area contributed by atoms with Crippen molar-refractivity contribution in [1.82, 2.24) is 10.2 Å². The zero-order valence-electron chi connectivity index (χ0n) is 12.9. The molecule has 0 aromatic heterocycles. The number of carbonyl (C=O) groups is 1. The molecule has 0 saturated carbocycles. The fraction of sp³-hybridized carbons (Fsp3) is 0.933. The quantitative estimate of drug-likeness (QED) is 0.745. The molecule has 1 saturated heterocycles. The lowest BCUT2D eigenvalue weighted by Gasteiger charge is -2.36. The van der Waals surface area contributed by atoms with E-state index in [4.69, 9.17) is 0 Å². The van der Waals surface area contributed by atoms with E-state index >= 15 is 0 Å². The van der Waals surface area contributed by atoms with Gasteiger partial charge >= 0.3 is 5.97 Å². The maximum atomic E-state index is 11.4. The van der Waals surface area contributed by atoms with Crippen molar-refractivity contribution < 1.29 is 9.90 Å². The van der Waals surface area contributed by atoms with Gasteiger partial charge < -0.3 is 15.3 Å². The van der Waals surface area contributed by atoms with Crippen LogP contribution in [0, 0.1) is 5.41 Å². The summed E-state index contributed by atoms with van der Waals surface area (Å²) in [5.74, 6) is -0.662. The van der Waals surface area contributed by atoms with Crippen LogP contribution in [0.4, 0.5) is 0 Å². The molecule has 0 unspecified atom stereocenters. The van der Waals surface area contributed by atoms with Gasteiger partial charge in [-0.1, -0.05) is 13.8 Å². The highest BCUT2D eigenvalue weighted by Gasteiger charge is 2.35. The first-order valence-corrected chi connectivity index (χ1v) is 7.66. The van der Waals surface area contributed by atoms with Gasteiger partial charge in [0.1, 0.15) is 0 Å².